The molecule has 0 aliphatic carbocycles. The molecule has 0 amide bonds. The molecule has 2 heterocycles. The maximum absolute atomic E-state index is 9.27. The van der Waals surface area contributed by atoms with E-state index in [0.717, 1.165) is 36.5 Å². The second-order valence-electron chi connectivity index (χ2n) is 5.34. The summed E-state index contributed by atoms with van der Waals surface area (Å²) in [4.78, 5) is 4.47. The molecule has 112 valence electrons. The number of pyridine rings is 1. The molecule has 1 aromatic carbocycles. The van der Waals surface area contributed by atoms with Crippen LogP contribution in [0.3, 0.4) is 0 Å². The first kappa shape index (κ1) is 14.8. The van der Waals surface area contributed by atoms with Crippen LogP contribution in [0.4, 0.5) is 0 Å². The van der Waals surface area contributed by atoms with Gasteiger partial charge in [0.05, 0.1) is 17.7 Å². The van der Waals surface area contributed by atoms with Crippen molar-refractivity contribution in [2.45, 2.75) is 30.7 Å². The summed E-state index contributed by atoms with van der Waals surface area (Å²) in [5.41, 5.74) is 4.64. The van der Waals surface area contributed by atoms with Gasteiger partial charge in [0.25, 0.3) is 0 Å². The minimum Gasteiger partial charge on any atom is -0.376 e. The van der Waals surface area contributed by atoms with E-state index in [1.54, 1.807) is 11.8 Å². The number of ether oxygens (including phenoxy) is 1. The monoisotopic (exact) mass is 304 g/mol. The molecule has 1 aliphatic heterocycles. The lowest BCUT2D eigenvalue weighted by Gasteiger charge is -2.20. The number of benzene rings is 1. The van der Waals surface area contributed by atoms with E-state index in [0.29, 0.717) is 0 Å². The van der Waals surface area contributed by atoms with Crippen molar-refractivity contribution in [3.8, 4) is 0 Å². The highest BCUT2D eigenvalue weighted by Gasteiger charge is 2.25. The maximum Gasteiger partial charge on any atom is 0.0759 e. The lowest BCUT2D eigenvalue weighted by Crippen LogP contribution is -2.39. The van der Waals surface area contributed by atoms with E-state index in [1.807, 2.05) is 24.4 Å². The van der Waals surface area contributed by atoms with Gasteiger partial charge in [0, 0.05) is 29.7 Å². The van der Waals surface area contributed by atoms with Crippen LogP contribution in [0.2, 0.25) is 0 Å². The van der Waals surface area contributed by atoms with Crippen molar-refractivity contribution < 1.29 is 9.94 Å². The second-order valence-corrected chi connectivity index (χ2v) is 6.37. The van der Waals surface area contributed by atoms with Gasteiger partial charge >= 0.3 is 0 Å². The predicted molar refractivity (Wildman–Crippen MR) is 85.6 cm³/mol. The van der Waals surface area contributed by atoms with Crippen LogP contribution < -0.4 is 5.48 Å². The summed E-state index contributed by atoms with van der Waals surface area (Å²) in [6.45, 7) is 0.808. The molecule has 3 rings (SSSR count). The fourth-order valence-electron chi connectivity index (χ4n) is 2.65. The quantitative estimate of drug-likeness (QED) is 0.804. The van der Waals surface area contributed by atoms with E-state index in [-0.39, 0.29) is 12.1 Å². The number of nitrogens with zero attached hydrogens (tertiary/aromatic N) is 1. The molecule has 21 heavy (non-hydrogen) atoms. The summed E-state index contributed by atoms with van der Waals surface area (Å²) in [6.07, 6.45) is 4.18. The third-order valence-electron chi connectivity index (χ3n) is 3.79. The minimum absolute atomic E-state index is 0.00548. The molecular weight excluding hydrogens is 284 g/mol. The molecule has 0 bridgehead atoms. The zero-order valence-electron chi connectivity index (χ0n) is 11.9. The van der Waals surface area contributed by atoms with E-state index in [2.05, 4.69) is 22.6 Å². The number of hydrogen-bond donors (Lipinski definition) is 2. The lowest BCUT2D eigenvalue weighted by molar-refractivity contribution is 0.0287. The average molecular weight is 304 g/mol. The van der Waals surface area contributed by atoms with Crippen LogP contribution in [0, 0.1) is 0 Å². The van der Waals surface area contributed by atoms with Crippen molar-refractivity contribution in [3.63, 3.8) is 0 Å². The number of hydrogen-bond acceptors (Lipinski definition) is 5. The molecule has 2 N–H and O–H groups in total. The molecule has 1 aliphatic rings. The van der Waals surface area contributed by atoms with Crippen molar-refractivity contribution in [2.24, 2.45) is 0 Å². The highest BCUT2D eigenvalue weighted by atomic mass is 32.2. The Labute approximate surface area is 128 Å². The van der Waals surface area contributed by atoms with Crippen LogP contribution in [0.5, 0.6) is 0 Å². The second kappa shape index (κ2) is 7.22. The van der Waals surface area contributed by atoms with Crippen LogP contribution >= 0.6 is 11.8 Å². The standard InChI is InChI=1S/C16H20N2O2S/c19-18-15(16-6-3-7-20-16)11-21-10-12-8-13-4-1-2-5-14(13)17-9-12/h1-2,4-5,8-9,15-16,18-19H,3,6-7,10-11H2. The zero-order valence-corrected chi connectivity index (χ0v) is 12.7. The van der Waals surface area contributed by atoms with Crippen LogP contribution in [-0.2, 0) is 10.5 Å². The summed E-state index contributed by atoms with van der Waals surface area (Å²) in [7, 11) is 0. The van der Waals surface area contributed by atoms with Gasteiger partial charge in [0.2, 0.25) is 0 Å². The average Bonchev–Trinajstić information content (AvgIpc) is 3.05. The molecule has 1 fully saturated rings. The molecular formula is C16H20N2O2S. The molecule has 0 saturated carbocycles. The normalized spacial score (nSPS) is 20.0. The first-order valence-corrected chi connectivity index (χ1v) is 8.45. The summed E-state index contributed by atoms with van der Waals surface area (Å²) in [5.74, 6) is 1.72. The molecule has 5 heteroatoms. The van der Waals surface area contributed by atoms with Gasteiger partial charge in [-0.05, 0) is 30.5 Å². The number of nitrogens with one attached hydrogen (secondary N) is 1. The van der Waals surface area contributed by atoms with Crippen molar-refractivity contribution in [3.05, 3.63) is 42.1 Å². The topological polar surface area (TPSA) is 54.4 Å². The van der Waals surface area contributed by atoms with Gasteiger partial charge in [-0.2, -0.15) is 17.2 Å². The fraction of sp³-hybridized carbons (Fsp3) is 0.438. The lowest BCUT2D eigenvalue weighted by atomic mass is 10.1. The SMILES string of the molecule is ONC(CSCc1cnc2ccccc2c1)C1CCCO1. The van der Waals surface area contributed by atoms with Crippen molar-refractivity contribution in [1.29, 1.82) is 0 Å². The van der Waals surface area contributed by atoms with Crippen molar-refractivity contribution in [1.82, 2.24) is 10.5 Å². The molecule has 1 saturated heterocycles. The predicted octanol–water partition coefficient (Wildman–Crippen LogP) is 2.99. The highest BCUT2D eigenvalue weighted by molar-refractivity contribution is 7.98. The van der Waals surface area contributed by atoms with Gasteiger partial charge < -0.3 is 9.94 Å². The number of rotatable bonds is 6. The molecule has 0 radical (unpaired) electrons. The number of thioether (sulfide) groups is 1. The Bertz CT molecular complexity index is 587. The van der Waals surface area contributed by atoms with E-state index in [9.17, 15) is 5.21 Å². The van der Waals surface area contributed by atoms with E-state index in [1.165, 1.54) is 10.9 Å². The first-order chi connectivity index (χ1) is 10.4. The van der Waals surface area contributed by atoms with Crippen LogP contribution in [0.25, 0.3) is 10.9 Å². The van der Waals surface area contributed by atoms with E-state index >= 15 is 0 Å². The molecule has 1 aromatic heterocycles. The summed E-state index contributed by atoms with van der Waals surface area (Å²) in [6, 6.07) is 10.3. The maximum atomic E-state index is 9.27. The largest absolute Gasteiger partial charge is 0.376 e. The van der Waals surface area contributed by atoms with Crippen LogP contribution in [0.1, 0.15) is 18.4 Å². The molecule has 4 nitrogen and oxygen atoms in total. The van der Waals surface area contributed by atoms with Crippen LogP contribution in [-0.4, -0.2) is 34.7 Å². The third-order valence-corrected chi connectivity index (χ3v) is 4.93. The van der Waals surface area contributed by atoms with Crippen molar-refractivity contribution >= 4 is 22.7 Å². The number of aromatic nitrogens is 1. The van der Waals surface area contributed by atoms with Gasteiger partial charge in [0.1, 0.15) is 0 Å². The molecule has 2 atom stereocenters. The Kier molecular flexibility index (Phi) is 5.08. The smallest absolute Gasteiger partial charge is 0.0759 e. The zero-order chi connectivity index (χ0) is 14.5. The summed E-state index contributed by atoms with van der Waals surface area (Å²) < 4.78 is 5.62. The van der Waals surface area contributed by atoms with Gasteiger partial charge in [-0.15, -0.1) is 0 Å². The Morgan fingerprint density at radius 3 is 3.14 bits per heavy atom. The van der Waals surface area contributed by atoms with Gasteiger partial charge in [-0.3, -0.25) is 4.98 Å². The molecule has 0 spiro atoms. The first-order valence-electron chi connectivity index (χ1n) is 7.29. The molecule has 2 aromatic rings. The fourth-order valence-corrected chi connectivity index (χ4v) is 3.70. The number of para-hydroxylation sites is 1. The Hall–Kier alpha value is -1.14. The van der Waals surface area contributed by atoms with Gasteiger partial charge in [0.15, 0.2) is 0 Å². The van der Waals surface area contributed by atoms with E-state index < -0.39 is 0 Å². The number of fused-ring (bicyclic) bond motifs is 1. The van der Waals surface area contributed by atoms with Gasteiger partial charge in [-0.1, -0.05) is 18.2 Å². The van der Waals surface area contributed by atoms with E-state index in [4.69, 9.17) is 4.74 Å². The summed E-state index contributed by atoms with van der Waals surface area (Å²) >= 11 is 1.79. The third kappa shape index (κ3) is 3.74. The van der Waals surface area contributed by atoms with Crippen molar-refractivity contribution in [2.75, 3.05) is 12.4 Å². The Balaban J connectivity index is 1.55. The van der Waals surface area contributed by atoms with Crippen LogP contribution in [0.15, 0.2) is 36.5 Å². The Morgan fingerprint density at radius 1 is 1.43 bits per heavy atom. The minimum atomic E-state index is 0.00548. The highest BCUT2D eigenvalue weighted by Crippen LogP contribution is 2.21. The summed E-state index contributed by atoms with van der Waals surface area (Å²) in [5, 5.41) is 10.4. The Morgan fingerprint density at radius 2 is 2.33 bits per heavy atom. The molecule has 2 unspecified atom stereocenters. The number of hydroxylamine groups is 1. The van der Waals surface area contributed by atoms with Gasteiger partial charge in [-0.25, -0.2) is 0 Å².